The SMILES string of the molecule is C=CC(=O)N1OCC2C3CC(C4CCCC34)C21. The number of fused-ring (bicyclic) bond motifs is 8. The maximum absolute atomic E-state index is 11.8. The summed E-state index contributed by atoms with van der Waals surface area (Å²) in [5.41, 5.74) is 0. The zero-order valence-electron chi connectivity index (χ0n) is 10.0. The Morgan fingerprint density at radius 3 is 2.71 bits per heavy atom. The molecule has 3 nitrogen and oxygen atoms in total. The van der Waals surface area contributed by atoms with Crippen LogP contribution >= 0.6 is 0 Å². The number of nitrogens with zero attached hydrogens (tertiary/aromatic N) is 1. The van der Waals surface area contributed by atoms with Gasteiger partial charge in [-0.2, -0.15) is 0 Å². The van der Waals surface area contributed by atoms with E-state index in [1.807, 2.05) is 0 Å². The first-order valence-corrected chi connectivity index (χ1v) is 6.90. The smallest absolute Gasteiger partial charge is 0.269 e. The van der Waals surface area contributed by atoms with Crippen LogP contribution in [0.2, 0.25) is 0 Å². The molecule has 1 aliphatic heterocycles. The number of amides is 1. The Morgan fingerprint density at radius 1 is 1.18 bits per heavy atom. The largest absolute Gasteiger partial charge is 0.270 e. The van der Waals surface area contributed by atoms with Crippen molar-refractivity contribution in [2.45, 2.75) is 31.7 Å². The fourth-order valence-corrected chi connectivity index (χ4v) is 5.32. The van der Waals surface area contributed by atoms with Crippen molar-refractivity contribution in [3.05, 3.63) is 12.7 Å². The van der Waals surface area contributed by atoms with Crippen molar-refractivity contribution < 1.29 is 9.63 Å². The second-order valence-corrected chi connectivity index (χ2v) is 6.14. The second kappa shape index (κ2) is 3.35. The van der Waals surface area contributed by atoms with E-state index in [9.17, 15) is 4.79 Å². The summed E-state index contributed by atoms with van der Waals surface area (Å²) in [6.45, 7) is 4.34. The summed E-state index contributed by atoms with van der Waals surface area (Å²) < 4.78 is 0. The highest BCUT2D eigenvalue weighted by Crippen LogP contribution is 2.63. The first kappa shape index (κ1) is 10.1. The van der Waals surface area contributed by atoms with Crippen molar-refractivity contribution in [1.82, 2.24) is 5.06 Å². The van der Waals surface area contributed by atoms with Crippen LogP contribution in [0.5, 0.6) is 0 Å². The van der Waals surface area contributed by atoms with Crippen LogP contribution < -0.4 is 0 Å². The molecule has 3 saturated carbocycles. The third-order valence-electron chi connectivity index (χ3n) is 5.77. The molecular weight excluding hydrogens is 214 g/mol. The Kier molecular flexibility index (Phi) is 1.99. The average Bonchev–Trinajstić information content (AvgIpc) is 3.04. The van der Waals surface area contributed by atoms with Gasteiger partial charge in [-0.25, -0.2) is 5.06 Å². The molecule has 3 heteroatoms. The topological polar surface area (TPSA) is 29.5 Å². The van der Waals surface area contributed by atoms with Gasteiger partial charge >= 0.3 is 0 Å². The molecule has 3 aliphatic carbocycles. The third-order valence-corrected chi connectivity index (χ3v) is 5.77. The van der Waals surface area contributed by atoms with Crippen LogP contribution in [0, 0.1) is 29.6 Å². The molecule has 6 unspecified atom stereocenters. The van der Waals surface area contributed by atoms with Crippen molar-refractivity contribution in [2.24, 2.45) is 29.6 Å². The van der Waals surface area contributed by atoms with Crippen LogP contribution in [0.3, 0.4) is 0 Å². The van der Waals surface area contributed by atoms with E-state index in [1.54, 1.807) is 5.06 Å². The van der Waals surface area contributed by atoms with Crippen molar-refractivity contribution in [1.29, 1.82) is 0 Å². The van der Waals surface area contributed by atoms with E-state index < -0.39 is 0 Å². The molecule has 0 radical (unpaired) electrons. The van der Waals surface area contributed by atoms with E-state index in [0.717, 1.165) is 24.4 Å². The third kappa shape index (κ3) is 1.13. The molecule has 4 rings (SSSR count). The lowest BCUT2D eigenvalue weighted by Gasteiger charge is -2.35. The Labute approximate surface area is 102 Å². The van der Waals surface area contributed by atoms with Gasteiger partial charge in [0, 0.05) is 5.92 Å². The van der Waals surface area contributed by atoms with Gasteiger partial charge in [-0.05, 0) is 49.0 Å². The van der Waals surface area contributed by atoms with E-state index in [2.05, 4.69) is 6.58 Å². The van der Waals surface area contributed by atoms with Gasteiger partial charge in [0.15, 0.2) is 0 Å². The minimum atomic E-state index is -0.0420. The van der Waals surface area contributed by atoms with E-state index in [1.165, 1.54) is 31.8 Å². The number of hydrogen-bond acceptors (Lipinski definition) is 2. The van der Waals surface area contributed by atoms with E-state index in [4.69, 9.17) is 4.84 Å². The minimum absolute atomic E-state index is 0.0420. The van der Waals surface area contributed by atoms with Crippen LogP contribution in [0.15, 0.2) is 12.7 Å². The number of hydroxylamine groups is 2. The molecule has 0 spiro atoms. The maximum atomic E-state index is 11.8. The molecular formula is C14H19NO2. The lowest BCUT2D eigenvalue weighted by atomic mass is 9.73. The normalized spacial score (nSPS) is 50.5. The van der Waals surface area contributed by atoms with Crippen molar-refractivity contribution in [2.75, 3.05) is 6.61 Å². The van der Waals surface area contributed by atoms with Crippen molar-refractivity contribution in [3.8, 4) is 0 Å². The van der Waals surface area contributed by atoms with Crippen molar-refractivity contribution in [3.63, 3.8) is 0 Å². The molecule has 0 aromatic carbocycles. The average molecular weight is 233 g/mol. The quantitative estimate of drug-likeness (QED) is 0.648. The lowest BCUT2D eigenvalue weighted by molar-refractivity contribution is -0.175. The van der Waals surface area contributed by atoms with E-state index in [-0.39, 0.29) is 5.91 Å². The molecule has 0 N–H and O–H groups in total. The van der Waals surface area contributed by atoms with Gasteiger partial charge in [-0.1, -0.05) is 13.0 Å². The molecule has 1 saturated heterocycles. The maximum Gasteiger partial charge on any atom is 0.269 e. The van der Waals surface area contributed by atoms with E-state index in [0.29, 0.717) is 17.9 Å². The van der Waals surface area contributed by atoms with Gasteiger partial charge in [0.1, 0.15) is 0 Å². The summed E-state index contributed by atoms with van der Waals surface area (Å²) in [7, 11) is 0. The van der Waals surface area contributed by atoms with Crippen molar-refractivity contribution >= 4 is 5.91 Å². The molecule has 0 aromatic heterocycles. The van der Waals surface area contributed by atoms with Gasteiger partial charge in [0.2, 0.25) is 0 Å². The summed E-state index contributed by atoms with van der Waals surface area (Å²) in [5.74, 6) is 3.94. The molecule has 4 fully saturated rings. The fourth-order valence-electron chi connectivity index (χ4n) is 5.32. The van der Waals surface area contributed by atoms with Crippen LogP contribution in [0.1, 0.15) is 25.7 Å². The van der Waals surface area contributed by atoms with Crippen LogP contribution in [0.25, 0.3) is 0 Å². The molecule has 1 amide bonds. The summed E-state index contributed by atoms with van der Waals surface area (Å²) in [5, 5.41) is 1.65. The molecule has 92 valence electrons. The lowest BCUT2D eigenvalue weighted by Crippen LogP contribution is -2.44. The highest BCUT2D eigenvalue weighted by Gasteiger charge is 2.63. The number of rotatable bonds is 1. The zero-order chi connectivity index (χ0) is 11.6. The first-order valence-electron chi connectivity index (χ1n) is 6.90. The minimum Gasteiger partial charge on any atom is -0.270 e. The zero-order valence-corrected chi connectivity index (χ0v) is 10.0. The molecule has 4 aliphatic rings. The standard InChI is InChI=1S/C14H19NO2/c1-2-13(16)15-14-11-6-10(12(14)7-17-15)8-4-3-5-9(8)11/h2,8-12,14H,1,3-7H2. The van der Waals surface area contributed by atoms with E-state index >= 15 is 0 Å². The van der Waals surface area contributed by atoms with Crippen LogP contribution in [-0.4, -0.2) is 23.6 Å². The Balaban J connectivity index is 1.65. The fraction of sp³-hybridized carbons (Fsp3) is 0.786. The molecule has 1 heterocycles. The predicted molar refractivity (Wildman–Crippen MR) is 62.7 cm³/mol. The molecule has 2 bridgehead atoms. The highest BCUT2D eigenvalue weighted by atomic mass is 16.7. The number of hydrogen-bond donors (Lipinski definition) is 0. The number of carbonyl (C=O) groups is 1. The first-order chi connectivity index (χ1) is 8.31. The van der Waals surface area contributed by atoms with Gasteiger partial charge in [-0.15, -0.1) is 0 Å². The summed E-state index contributed by atoms with van der Waals surface area (Å²) in [6.07, 6.45) is 6.93. The highest BCUT2D eigenvalue weighted by molar-refractivity contribution is 5.86. The van der Waals surface area contributed by atoms with Gasteiger partial charge < -0.3 is 0 Å². The second-order valence-electron chi connectivity index (χ2n) is 6.14. The van der Waals surface area contributed by atoms with Gasteiger partial charge in [-0.3, -0.25) is 9.63 Å². The Bertz CT molecular complexity index is 380. The Hall–Kier alpha value is -0.830. The molecule has 6 atom stereocenters. The molecule has 17 heavy (non-hydrogen) atoms. The van der Waals surface area contributed by atoms with Gasteiger partial charge in [0.25, 0.3) is 5.91 Å². The summed E-state index contributed by atoms with van der Waals surface area (Å²) in [4.78, 5) is 17.4. The summed E-state index contributed by atoms with van der Waals surface area (Å²) >= 11 is 0. The predicted octanol–water partition coefficient (Wildman–Crippen LogP) is 2.00. The van der Waals surface area contributed by atoms with Crippen LogP contribution in [0.4, 0.5) is 0 Å². The monoisotopic (exact) mass is 233 g/mol. The van der Waals surface area contributed by atoms with Gasteiger partial charge in [0.05, 0.1) is 12.6 Å². The molecule has 0 aromatic rings. The Morgan fingerprint density at radius 2 is 1.94 bits per heavy atom. The number of carbonyl (C=O) groups excluding carboxylic acids is 1. The van der Waals surface area contributed by atoms with Crippen LogP contribution in [-0.2, 0) is 9.63 Å². The summed E-state index contributed by atoms with van der Waals surface area (Å²) in [6, 6.07) is 0.366.